The van der Waals surface area contributed by atoms with Crippen molar-refractivity contribution in [2.75, 3.05) is 5.73 Å². The summed E-state index contributed by atoms with van der Waals surface area (Å²) in [6.07, 6.45) is -2.33. The molecule has 64 valence electrons. The first-order valence-corrected chi connectivity index (χ1v) is 3.18. The second-order valence-electron chi connectivity index (χ2n) is 2.20. The third-order valence-corrected chi connectivity index (χ3v) is 1.31. The molecule has 0 radical (unpaired) electrons. The Balaban J connectivity index is 3.13. The first-order valence-electron chi connectivity index (χ1n) is 3.18. The standard InChI is InChI=1S/C8H6F3N/c9-7(8(10)11)5-2-1-3-6(12)4-5/h1-4H,12H2. The minimum atomic E-state index is -2.33. The van der Waals surface area contributed by atoms with Crippen molar-refractivity contribution >= 4 is 11.5 Å². The Morgan fingerprint density at radius 2 is 1.83 bits per heavy atom. The van der Waals surface area contributed by atoms with Gasteiger partial charge in [0.2, 0.25) is 0 Å². The van der Waals surface area contributed by atoms with Gasteiger partial charge in [-0.15, -0.1) is 0 Å². The van der Waals surface area contributed by atoms with E-state index in [4.69, 9.17) is 5.73 Å². The largest absolute Gasteiger partial charge is 0.399 e. The number of hydrogen-bond donors (Lipinski definition) is 1. The van der Waals surface area contributed by atoms with Gasteiger partial charge in [0, 0.05) is 11.3 Å². The minimum Gasteiger partial charge on any atom is -0.399 e. The topological polar surface area (TPSA) is 26.0 Å². The number of nitrogen functional groups attached to an aromatic ring is 1. The van der Waals surface area contributed by atoms with Crippen molar-refractivity contribution in [2.24, 2.45) is 0 Å². The Labute approximate surface area is 67.3 Å². The predicted octanol–water partition coefficient (Wildman–Crippen LogP) is 2.80. The van der Waals surface area contributed by atoms with Crippen LogP contribution in [0.2, 0.25) is 0 Å². The number of rotatable bonds is 1. The summed E-state index contributed by atoms with van der Waals surface area (Å²) in [6.45, 7) is 0. The van der Waals surface area contributed by atoms with E-state index in [1.165, 1.54) is 18.2 Å². The van der Waals surface area contributed by atoms with E-state index in [1.807, 2.05) is 0 Å². The van der Waals surface area contributed by atoms with Gasteiger partial charge < -0.3 is 5.73 Å². The summed E-state index contributed by atoms with van der Waals surface area (Å²) in [6, 6.07) is 5.28. The van der Waals surface area contributed by atoms with E-state index < -0.39 is 11.9 Å². The number of hydrogen-bond acceptors (Lipinski definition) is 1. The van der Waals surface area contributed by atoms with Crippen LogP contribution in [0.3, 0.4) is 0 Å². The number of halogens is 3. The molecule has 4 heteroatoms. The van der Waals surface area contributed by atoms with E-state index in [9.17, 15) is 13.2 Å². The molecule has 1 aromatic rings. The van der Waals surface area contributed by atoms with E-state index in [0.717, 1.165) is 6.07 Å². The lowest BCUT2D eigenvalue weighted by atomic mass is 10.2. The Morgan fingerprint density at radius 3 is 2.33 bits per heavy atom. The Hall–Kier alpha value is -1.45. The minimum absolute atomic E-state index is 0.199. The molecular weight excluding hydrogens is 167 g/mol. The van der Waals surface area contributed by atoms with Crippen molar-refractivity contribution in [3.8, 4) is 0 Å². The van der Waals surface area contributed by atoms with Gasteiger partial charge in [-0.3, -0.25) is 0 Å². The lowest BCUT2D eigenvalue weighted by molar-refractivity contribution is 0.410. The van der Waals surface area contributed by atoms with Crippen molar-refractivity contribution < 1.29 is 13.2 Å². The fraction of sp³-hybridized carbons (Fsp3) is 0. The molecule has 0 atom stereocenters. The molecule has 0 aliphatic carbocycles. The fourth-order valence-electron chi connectivity index (χ4n) is 0.784. The fourth-order valence-corrected chi connectivity index (χ4v) is 0.784. The van der Waals surface area contributed by atoms with Gasteiger partial charge in [-0.1, -0.05) is 12.1 Å². The molecule has 0 spiro atoms. The van der Waals surface area contributed by atoms with Crippen LogP contribution in [-0.2, 0) is 0 Å². The molecule has 0 saturated heterocycles. The number of nitrogens with two attached hydrogens (primary N) is 1. The summed E-state index contributed by atoms with van der Waals surface area (Å²) in [7, 11) is 0. The van der Waals surface area contributed by atoms with Crippen LogP contribution in [0.5, 0.6) is 0 Å². The van der Waals surface area contributed by atoms with E-state index in [-0.39, 0.29) is 11.3 Å². The molecule has 1 rings (SSSR count). The van der Waals surface area contributed by atoms with Crippen molar-refractivity contribution in [1.29, 1.82) is 0 Å². The highest BCUT2D eigenvalue weighted by molar-refractivity contribution is 5.63. The number of anilines is 1. The second-order valence-corrected chi connectivity index (χ2v) is 2.20. The molecule has 0 unspecified atom stereocenters. The lowest BCUT2D eigenvalue weighted by Crippen LogP contribution is -1.86. The first-order chi connectivity index (χ1) is 5.61. The monoisotopic (exact) mass is 173 g/mol. The van der Waals surface area contributed by atoms with Gasteiger partial charge in [0.05, 0.1) is 0 Å². The third-order valence-electron chi connectivity index (χ3n) is 1.31. The second kappa shape index (κ2) is 3.30. The molecule has 0 saturated carbocycles. The van der Waals surface area contributed by atoms with Gasteiger partial charge in [-0.25, -0.2) is 4.39 Å². The highest BCUT2D eigenvalue weighted by atomic mass is 19.3. The van der Waals surface area contributed by atoms with Crippen molar-refractivity contribution in [3.05, 3.63) is 35.9 Å². The molecule has 12 heavy (non-hydrogen) atoms. The van der Waals surface area contributed by atoms with Crippen molar-refractivity contribution in [2.45, 2.75) is 0 Å². The van der Waals surface area contributed by atoms with Crippen LogP contribution < -0.4 is 5.73 Å². The number of benzene rings is 1. The quantitative estimate of drug-likeness (QED) is 0.649. The van der Waals surface area contributed by atoms with Crippen LogP contribution in [0.4, 0.5) is 18.9 Å². The van der Waals surface area contributed by atoms with E-state index in [0.29, 0.717) is 0 Å². The average Bonchev–Trinajstić information content (AvgIpc) is 2.03. The van der Waals surface area contributed by atoms with Crippen molar-refractivity contribution in [3.63, 3.8) is 0 Å². The van der Waals surface area contributed by atoms with Gasteiger partial charge in [0.15, 0.2) is 5.83 Å². The summed E-state index contributed by atoms with van der Waals surface area (Å²) >= 11 is 0. The molecule has 0 aliphatic heterocycles. The molecule has 0 aliphatic rings. The maximum absolute atomic E-state index is 12.5. The zero-order chi connectivity index (χ0) is 9.14. The Morgan fingerprint density at radius 1 is 1.17 bits per heavy atom. The SMILES string of the molecule is Nc1cccc(C(F)=C(F)F)c1. The van der Waals surface area contributed by atoms with E-state index in [2.05, 4.69) is 0 Å². The van der Waals surface area contributed by atoms with Crippen LogP contribution in [-0.4, -0.2) is 0 Å². The summed E-state index contributed by atoms with van der Waals surface area (Å²) in [5.74, 6) is -1.53. The lowest BCUT2D eigenvalue weighted by Gasteiger charge is -1.97. The highest BCUT2D eigenvalue weighted by Crippen LogP contribution is 2.23. The molecule has 1 aromatic carbocycles. The molecule has 0 bridgehead atoms. The smallest absolute Gasteiger partial charge is 0.306 e. The van der Waals surface area contributed by atoms with Gasteiger partial charge in [0.1, 0.15) is 0 Å². The van der Waals surface area contributed by atoms with Gasteiger partial charge in [0.25, 0.3) is 0 Å². The molecule has 0 amide bonds. The molecular formula is C8H6F3N. The Bertz CT molecular complexity index is 316. The van der Waals surface area contributed by atoms with Gasteiger partial charge >= 0.3 is 6.08 Å². The molecule has 0 aromatic heterocycles. The summed E-state index contributed by atoms with van der Waals surface area (Å²) < 4.78 is 35.9. The summed E-state index contributed by atoms with van der Waals surface area (Å²) in [4.78, 5) is 0. The van der Waals surface area contributed by atoms with Crippen LogP contribution in [0.15, 0.2) is 30.3 Å². The Kier molecular flexibility index (Phi) is 2.38. The normalized spacial score (nSPS) is 9.58. The zero-order valence-corrected chi connectivity index (χ0v) is 6.02. The third kappa shape index (κ3) is 1.78. The van der Waals surface area contributed by atoms with Crippen LogP contribution in [0.25, 0.3) is 5.83 Å². The van der Waals surface area contributed by atoms with Crippen LogP contribution in [0.1, 0.15) is 5.56 Å². The van der Waals surface area contributed by atoms with E-state index in [1.54, 1.807) is 0 Å². The predicted molar refractivity (Wildman–Crippen MR) is 41.1 cm³/mol. The van der Waals surface area contributed by atoms with E-state index >= 15 is 0 Å². The summed E-state index contributed by atoms with van der Waals surface area (Å²) in [5, 5.41) is 0. The first kappa shape index (κ1) is 8.64. The van der Waals surface area contributed by atoms with Gasteiger partial charge in [-0.2, -0.15) is 8.78 Å². The molecule has 2 N–H and O–H groups in total. The molecule has 0 heterocycles. The molecule has 0 fully saturated rings. The van der Waals surface area contributed by atoms with Crippen LogP contribution >= 0.6 is 0 Å². The molecule has 1 nitrogen and oxygen atoms in total. The zero-order valence-electron chi connectivity index (χ0n) is 6.02. The maximum Gasteiger partial charge on any atom is 0.306 e. The van der Waals surface area contributed by atoms with Gasteiger partial charge in [-0.05, 0) is 12.1 Å². The highest BCUT2D eigenvalue weighted by Gasteiger charge is 2.07. The average molecular weight is 173 g/mol. The maximum atomic E-state index is 12.5. The van der Waals surface area contributed by atoms with Crippen molar-refractivity contribution in [1.82, 2.24) is 0 Å². The summed E-state index contributed by atoms with van der Waals surface area (Å²) in [5.41, 5.74) is 5.32. The van der Waals surface area contributed by atoms with Crippen LogP contribution in [0, 0.1) is 0 Å².